The van der Waals surface area contributed by atoms with E-state index in [1.54, 1.807) is 0 Å². The van der Waals surface area contributed by atoms with E-state index in [9.17, 15) is 0 Å². The molecule has 0 amide bonds. The Hall–Kier alpha value is 0.140. The van der Waals surface area contributed by atoms with Crippen molar-refractivity contribution in [2.75, 3.05) is 7.05 Å². The molecule has 0 spiro atoms. The lowest BCUT2D eigenvalue weighted by molar-refractivity contribution is 0.546. The highest BCUT2D eigenvalue weighted by Gasteiger charge is 2.07. The van der Waals surface area contributed by atoms with Gasteiger partial charge in [0.05, 0.1) is 0 Å². The number of thiophene rings is 1. The molecule has 3 heteroatoms. The number of rotatable bonds is 4. The molecule has 1 atom stereocenters. The highest BCUT2D eigenvalue weighted by molar-refractivity contribution is 9.10. The number of halogens is 1. The Bertz CT molecular complexity index is 230. The molecule has 0 aliphatic rings. The Morgan fingerprint density at radius 2 is 2.42 bits per heavy atom. The van der Waals surface area contributed by atoms with Gasteiger partial charge in [-0.05, 0) is 47.3 Å². The molecule has 1 N–H and O–H groups in total. The van der Waals surface area contributed by atoms with Gasteiger partial charge in [0, 0.05) is 15.4 Å². The topological polar surface area (TPSA) is 12.0 Å². The molecule has 1 aromatic heterocycles. The van der Waals surface area contributed by atoms with Crippen LogP contribution in [0, 0.1) is 0 Å². The molecule has 68 valence electrons. The molecular weight excluding hydrogens is 234 g/mol. The van der Waals surface area contributed by atoms with E-state index in [1.807, 2.05) is 18.4 Å². The van der Waals surface area contributed by atoms with E-state index in [0.717, 1.165) is 6.42 Å². The molecule has 12 heavy (non-hydrogen) atoms. The van der Waals surface area contributed by atoms with Gasteiger partial charge in [0.1, 0.15) is 0 Å². The SMILES string of the molecule is CCC(Cc1sccc1Br)NC. The summed E-state index contributed by atoms with van der Waals surface area (Å²) in [5.74, 6) is 0. The molecule has 1 aromatic rings. The minimum atomic E-state index is 0.611. The number of nitrogens with one attached hydrogen (secondary N) is 1. The molecule has 0 radical (unpaired) electrons. The van der Waals surface area contributed by atoms with Gasteiger partial charge in [-0.15, -0.1) is 11.3 Å². The van der Waals surface area contributed by atoms with Crippen LogP contribution < -0.4 is 5.32 Å². The first-order valence-electron chi connectivity index (χ1n) is 4.17. The lowest BCUT2D eigenvalue weighted by Crippen LogP contribution is -2.26. The molecule has 1 rings (SSSR count). The van der Waals surface area contributed by atoms with Crippen molar-refractivity contribution in [3.05, 3.63) is 20.8 Å². The molecule has 0 saturated carbocycles. The van der Waals surface area contributed by atoms with Crippen LogP contribution in [0.25, 0.3) is 0 Å². The van der Waals surface area contributed by atoms with Crippen LogP contribution in [-0.4, -0.2) is 13.1 Å². The van der Waals surface area contributed by atoms with E-state index in [2.05, 4.69) is 39.6 Å². The number of likely N-dealkylation sites (N-methyl/N-ethyl adjacent to an activating group) is 1. The van der Waals surface area contributed by atoms with Gasteiger partial charge in [-0.3, -0.25) is 0 Å². The third-order valence-electron chi connectivity index (χ3n) is 2.02. The highest BCUT2D eigenvalue weighted by Crippen LogP contribution is 2.24. The summed E-state index contributed by atoms with van der Waals surface area (Å²) in [4.78, 5) is 1.44. The lowest BCUT2D eigenvalue weighted by atomic mass is 10.1. The van der Waals surface area contributed by atoms with Crippen molar-refractivity contribution >= 4 is 27.3 Å². The summed E-state index contributed by atoms with van der Waals surface area (Å²) < 4.78 is 1.25. The van der Waals surface area contributed by atoms with Crippen molar-refractivity contribution in [3.63, 3.8) is 0 Å². The molecular formula is C9H14BrNS. The zero-order valence-corrected chi connectivity index (χ0v) is 9.83. The zero-order chi connectivity index (χ0) is 8.97. The Kier molecular flexibility index (Phi) is 4.26. The highest BCUT2D eigenvalue weighted by atomic mass is 79.9. The van der Waals surface area contributed by atoms with Gasteiger partial charge in [0.15, 0.2) is 0 Å². The Morgan fingerprint density at radius 1 is 1.67 bits per heavy atom. The van der Waals surface area contributed by atoms with Gasteiger partial charge >= 0.3 is 0 Å². The van der Waals surface area contributed by atoms with Gasteiger partial charge in [0.2, 0.25) is 0 Å². The minimum Gasteiger partial charge on any atom is -0.317 e. The van der Waals surface area contributed by atoms with Crippen molar-refractivity contribution in [2.45, 2.75) is 25.8 Å². The fourth-order valence-corrected chi connectivity index (χ4v) is 2.74. The standard InChI is InChI=1S/C9H14BrNS/c1-3-7(11-2)6-9-8(10)4-5-12-9/h4-5,7,11H,3,6H2,1-2H3. The second-order valence-electron chi connectivity index (χ2n) is 2.79. The maximum atomic E-state index is 3.54. The molecule has 0 bridgehead atoms. The molecule has 0 saturated heterocycles. The Labute approximate surface area is 86.3 Å². The third-order valence-corrected chi connectivity index (χ3v) is 3.97. The molecule has 0 aromatic carbocycles. The van der Waals surface area contributed by atoms with Crippen molar-refractivity contribution < 1.29 is 0 Å². The molecule has 0 fully saturated rings. The minimum absolute atomic E-state index is 0.611. The van der Waals surface area contributed by atoms with Gasteiger partial charge in [-0.2, -0.15) is 0 Å². The van der Waals surface area contributed by atoms with Crippen LogP contribution in [0.3, 0.4) is 0 Å². The summed E-state index contributed by atoms with van der Waals surface area (Å²) in [5, 5.41) is 5.43. The predicted octanol–water partition coefficient (Wildman–Crippen LogP) is 3.05. The fourth-order valence-electron chi connectivity index (χ4n) is 1.15. The summed E-state index contributed by atoms with van der Waals surface area (Å²) in [5.41, 5.74) is 0. The van der Waals surface area contributed by atoms with E-state index >= 15 is 0 Å². The van der Waals surface area contributed by atoms with E-state index in [4.69, 9.17) is 0 Å². The average molecular weight is 248 g/mol. The predicted molar refractivity (Wildman–Crippen MR) is 58.9 cm³/mol. The van der Waals surface area contributed by atoms with Crippen molar-refractivity contribution in [2.24, 2.45) is 0 Å². The van der Waals surface area contributed by atoms with Crippen LogP contribution in [-0.2, 0) is 6.42 Å². The van der Waals surface area contributed by atoms with E-state index in [1.165, 1.54) is 15.8 Å². The molecule has 0 aliphatic heterocycles. The fraction of sp³-hybridized carbons (Fsp3) is 0.556. The summed E-state index contributed by atoms with van der Waals surface area (Å²) >= 11 is 5.36. The van der Waals surface area contributed by atoms with E-state index in [-0.39, 0.29) is 0 Å². The van der Waals surface area contributed by atoms with E-state index < -0.39 is 0 Å². The summed E-state index contributed by atoms with van der Waals surface area (Å²) in [6.07, 6.45) is 2.31. The van der Waals surface area contributed by atoms with Crippen molar-refractivity contribution in [1.29, 1.82) is 0 Å². The largest absolute Gasteiger partial charge is 0.317 e. The number of hydrogen-bond donors (Lipinski definition) is 1. The summed E-state index contributed by atoms with van der Waals surface area (Å²) in [7, 11) is 2.02. The summed E-state index contributed by atoms with van der Waals surface area (Å²) in [6.45, 7) is 2.21. The van der Waals surface area contributed by atoms with Crippen LogP contribution in [0.2, 0.25) is 0 Å². The van der Waals surface area contributed by atoms with Crippen LogP contribution in [0.5, 0.6) is 0 Å². The van der Waals surface area contributed by atoms with Gasteiger partial charge in [0.25, 0.3) is 0 Å². The second-order valence-corrected chi connectivity index (χ2v) is 4.64. The summed E-state index contributed by atoms with van der Waals surface area (Å²) in [6, 6.07) is 2.72. The average Bonchev–Trinajstić information content (AvgIpc) is 2.47. The first-order valence-corrected chi connectivity index (χ1v) is 5.84. The van der Waals surface area contributed by atoms with Crippen LogP contribution >= 0.6 is 27.3 Å². The lowest BCUT2D eigenvalue weighted by Gasteiger charge is -2.12. The second kappa shape index (κ2) is 5.00. The third kappa shape index (κ3) is 2.57. The zero-order valence-electron chi connectivity index (χ0n) is 7.43. The molecule has 1 nitrogen and oxygen atoms in total. The molecule has 0 aliphatic carbocycles. The van der Waals surface area contributed by atoms with Crippen LogP contribution in [0.4, 0.5) is 0 Å². The van der Waals surface area contributed by atoms with Gasteiger partial charge < -0.3 is 5.32 Å². The maximum Gasteiger partial charge on any atom is 0.0314 e. The van der Waals surface area contributed by atoms with Crippen LogP contribution in [0.15, 0.2) is 15.9 Å². The van der Waals surface area contributed by atoms with Crippen LogP contribution in [0.1, 0.15) is 18.2 Å². The maximum absolute atomic E-state index is 3.54. The monoisotopic (exact) mass is 247 g/mol. The quantitative estimate of drug-likeness (QED) is 0.863. The first-order chi connectivity index (χ1) is 5.77. The van der Waals surface area contributed by atoms with Crippen molar-refractivity contribution in [1.82, 2.24) is 5.32 Å². The number of hydrogen-bond acceptors (Lipinski definition) is 2. The smallest absolute Gasteiger partial charge is 0.0314 e. The Morgan fingerprint density at radius 3 is 2.83 bits per heavy atom. The van der Waals surface area contributed by atoms with Gasteiger partial charge in [-0.25, -0.2) is 0 Å². The van der Waals surface area contributed by atoms with Gasteiger partial charge in [-0.1, -0.05) is 6.92 Å². The Balaban J connectivity index is 2.56. The van der Waals surface area contributed by atoms with E-state index in [0.29, 0.717) is 6.04 Å². The van der Waals surface area contributed by atoms with Crippen molar-refractivity contribution in [3.8, 4) is 0 Å². The molecule has 1 heterocycles. The normalized spacial score (nSPS) is 13.2. The molecule has 1 unspecified atom stereocenters. The first kappa shape index (κ1) is 10.2.